The van der Waals surface area contributed by atoms with Crippen LogP contribution in [0.1, 0.15) is 24.5 Å². The Hall–Kier alpha value is -3.20. The van der Waals surface area contributed by atoms with Gasteiger partial charge in [0, 0.05) is 32.1 Å². The third-order valence-electron chi connectivity index (χ3n) is 3.96. The van der Waals surface area contributed by atoms with E-state index in [1.54, 1.807) is 42.5 Å². The molecule has 0 saturated heterocycles. The highest BCUT2D eigenvalue weighted by atomic mass is 19.1. The second-order valence-corrected chi connectivity index (χ2v) is 5.83. The summed E-state index contributed by atoms with van der Waals surface area (Å²) in [7, 11) is 0. The molecule has 0 aromatic heterocycles. The number of nitriles is 1. The molecule has 0 aliphatic carbocycles. The summed E-state index contributed by atoms with van der Waals surface area (Å²) in [6, 6.07) is 15.0. The smallest absolute Gasteiger partial charge is 0.226 e. The van der Waals surface area contributed by atoms with E-state index in [4.69, 9.17) is 5.26 Å². The highest BCUT2D eigenvalue weighted by Gasteiger charge is 2.12. The fourth-order valence-electron chi connectivity index (χ4n) is 2.47. The lowest BCUT2D eigenvalue weighted by Gasteiger charge is -2.21. The van der Waals surface area contributed by atoms with E-state index in [1.165, 1.54) is 17.9 Å². The van der Waals surface area contributed by atoms with Gasteiger partial charge in [-0.2, -0.15) is 5.26 Å². The summed E-state index contributed by atoms with van der Waals surface area (Å²) in [5.74, 6) is -0.686. The Labute approximate surface area is 152 Å². The summed E-state index contributed by atoms with van der Waals surface area (Å²) in [5.41, 5.74) is 1.65. The van der Waals surface area contributed by atoms with Gasteiger partial charge in [0.25, 0.3) is 0 Å². The van der Waals surface area contributed by atoms with Crippen molar-refractivity contribution in [1.29, 1.82) is 5.26 Å². The minimum Gasteiger partial charge on any atom is -0.342 e. The molecule has 0 fully saturated rings. The van der Waals surface area contributed by atoms with Crippen LogP contribution in [0.15, 0.2) is 48.5 Å². The molecule has 0 saturated carbocycles. The van der Waals surface area contributed by atoms with Gasteiger partial charge in [-0.25, -0.2) is 4.39 Å². The van der Waals surface area contributed by atoms with Gasteiger partial charge in [-0.05, 0) is 42.3 Å². The molecule has 1 N–H and O–H groups in total. The number of nitrogens with zero attached hydrogens (tertiary/aromatic N) is 2. The lowest BCUT2D eigenvalue weighted by atomic mass is 10.1. The van der Waals surface area contributed by atoms with E-state index >= 15 is 0 Å². The normalized spacial score (nSPS) is 10.0. The third kappa shape index (κ3) is 5.71. The summed E-state index contributed by atoms with van der Waals surface area (Å²) in [6.45, 7) is 2.03. The first-order valence-corrected chi connectivity index (χ1v) is 8.28. The van der Waals surface area contributed by atoms with Gasteiger partial charge >= 0.3 is 0 Å². The highest BCUT2D eigenvalue weighted by molar-refractivity contribution is 5.91. The molecule has 0 bridgehead atoms. The van der Waals surface area contributed by atoms with Gasteiger partial charge in [-0.15, -0.1) is 0 Å². The van der Waals surface area contributed by atoms with Crippen LogP contribution in [-0.4, -0.2) is 29.8 Å². The van der Waals surface area contributed by atoms with Gasteiger partial charge in [-0.3, -0.25) is 9.59 Å². The van der Waals surface area contributed by atoms with Gasteiger partial charge in [-0.1, -0.05) is 18.2 Å². The number of anilines is 1. The number of benzene rings is 2. The predicted molar refractivity (Wildman–Crippen MR) is 96.8 cm³/mol. The maximum absolute atomic E-state index is 13.7. The zero-order valence-corrected chi connectivity index (χ0v) is 14.5. The number of carbonyl (C=O) groups is 2. The number of carbonyl (C=O) groups excluding carboxylic acids is 2. The van der Waals surface area contributed by atoms with Crippen molar-refractivity contribution < 1.29 is 14.0 Å². The number of halogens is 1. The molecular formula is C20H20FN3O2. The van der Waals surface area contributed by atoms with Crippen molar-refractivity contribution in [2.24, 2.45) is 0 Å². The molecule has 2 aromatic carbocycles. The van der Waals surface area contributed by atoms with E-state index in [0.29, 0.717) is 29.8 Å². The Kier molecular flexibility index (Phi) is 6.86. The molecule has 134 valence electrons. The van der Waals surface area contributed by atoms with Crippen LogP contribution in [0.5, 0.6) is 0 Å². The van der Waals surface area contributed by atoms with Crippen LogP contribution in [0.4, 0.5) is 10.1 Å². The van der Waals surface area contributed by atoms with Gasteiger partial charge in [0.15, 0.2) is 0 Å². The molecule has 0 unspecified atom stereocenters. The molecule has 0 spiro atoms. The van der Waals surface area contributed by atoms with Crippen molar-refractivity contribution in [3.05, 3.63) is 65.5 Å². The standard InChI is InChI=1S/C20H20FN3O2/c1-15(25)24(12-10-17-4-2-3-5-19(17)21)13-11-20(26)23-18-8-6-16(14-22)7-9-18/h2-9H,10-13H2,1H3,(H,23,26). The Morgan fingerprint density at radius 3 is 2.42 bits per heavy atom. The fraction of sp³-hybridized carbons (Fsp3) is 0.250. The van der Waals surface area contributed by atoms with Crippen LogP contribution in [0, 0.1) is 17.1 Å². The minimum atomic E-state index is -0.297. The summed E-state index contributed by atoms with van der Waals surface area (Å²) in [5, 5.41) is 11.5. The molecule has 2 amide bonds. The van der Waals surface area contributed by atoms with E-state index in [-0.39, 0.29) is 30.6 Å². The van der Waals surface area contributed by atoms with Crippen LogP contribution in [0.2, 0.25) is 0 Å². The monoisotopic (exact) mass is 353 g/mol. The molecule has 5 nitrogen and oxygen atoms in total. The zero-order chi connectivity index (χ0) is 18.9. The Bertz CT molecular complexity index is 813. The minimum absolute atomic E-state index is 0.136. The maximum atomic E-state index is 13.7. The molecule has 0 atom stereocenters. The van der Waals surface area contributed by atoms with Crippen LogP contribution >= 0.6 is 0 Å². The van der Waals surface area contributed by atoms with Crippen LogP contribution in [0.3, 0.4) is 0 Å². The first-order valence-electron chi connectivity index (χ1n) is 8.28. The Morgan fingerprint density at radius 2 is 1.81 bits per heavy atom. The molecule has 6 heteroatoms. The summed E-state index contributed by atoms with van der Waals surface area (Å²) in [6.07, 6.45) is 0.528. The molecule has 2 aromatic rings. The molecule has 2 rings (SSSR count). The zero-order valence-electron chi connectivity index (χ0n) is 14.5. The number of hydrogen-bond donors (Lipinski definition) is 1. The average molecular weight is 353 g/mol. The van der Waals surface area contributed by atoms with Crippen LogP contribution < -0.4 is 5.32 Å². The number of rotatable bonds is 7. The average Bonchev–Trinajstić information content (AvgIpc) is 2.63. The van der Waals surface area contributed by atoms with Crippen molar-refractivity contribution in [2.75, 3.05) is 18.4 Å². The van der Waals surface area contributed by atoms with Crippen molar-refractivity contribution in [1.82, 2.24) is 4.90 Å². The first kappa shape index (κ1) is 19.1. The van der Waals surface area contributed by atoms with E-state index in [0.717, 1.165) is 0 Å². The van der Waals surface area contributed by atoms with Gasteiger partial charge in [0.05, 0.1) is 11.6 Å². The molecule has 0 aliphatic heterocycles. The number of hydrogen-bond acceptors (Lipinski definition) is 3. The third-order valence-corrected chi connectivity index (χ3v) is 3.96. The number of nitrogens with one attached hydrogen (secondary N) is 1. The highest BCUT2D eigenvalue weighted by Crippen LogP contribution is 2.10. The fourth-order valence-corrected chi connectivity index (χ4v) is 2.47. The number of amides is 2. The lowest BCUT2D eigenvalue weighted by molar-refractivity contribution is -0.129. The van der Waals surface area contributed by atoms with Gasteiger partial charge < -0.3 is 10.2 Å². The van der Waals surface area contributed by atoms with Gasteiger partial charge in [0.1, 0.15) is 5.82 Å². The van der Waals surface area contributed by atoms with Crippen LogP contribution in [0.25, 0.3) is 0 Å². The van der Waals surface area contributed by atoms with Crippen molar-refractivity contribution in [3.63, 3.8) is 0 Å². The molecule has 0 radical (unpaired) electrons. The second-order valence-electron chi connectivity index (χ2n) is 5.83. The molecule has 0 heterocycles. The predicted octanol–water partition coefficient (Wildman–Crippen LogP) is 3.12. The van der Waals surface area contributed by atoms with Crippen LogP contribution in [-0.2, 0) is 16.0 Å². The molecule has 26 heavy (non-hydrogen) atoms. The second kappa shape index (κ2) is 9.33. The Balaban J connectivity index is 1.85. The summed E-state index contributed by atoms with van der Waals surface area (Å²) >= 11 is 0. The van der Waals surface area contributed by atoms with Crippen molar-refractivity contribution in [3.8, 4) is 6.07 Å². The molecular weight excluding hydrogens is 333 g/mol. The maximum Gasteiger partial charge on any atom is 0.226 e. The van der Waals surface area contributed by atoms with E-state index in [2.05, 4.69) is 5.32 Å². The molecule has 0 aliphatic rings. The summed E-state index contributed by atoms with van der Waals surface area (Å²) < 4.78 is 13.7. The van der Waals surface area contributed by atoms with Gasteiger partial charge in [0.2, 0.25) is 11.8 Å². The Morgan fingerprint density at radius 1 is 1.12 bits per heavy atom. The SMILES string of the molecule is CC(=O)N(CCC(=O)Nc1ccc(C#N)cc1)CCc1ccccc1F. The first-order chi connectivity index (χ1) is 12.5. The largest absolute Gasteiger partial charge is 0.342 e. The van der Waals surface area contributed by atoms with Crippen molar-refractivity contribution >= 4 is 17.5 Å². The van der Waals surface area contributed by atoms with Crippen molar-refractivity contribution in [2.45, 2.75) is 19.8 Å². The van der Waals surface area contributed by atoms with E-state index in [1.807, 2.05) is 6.07 Å². The van der Waals surface area contributed by atoms with E-state index < -0.39 is 0 Å². The topological polar surface area (TPSA) is 73.2 Å². The van der Waals surface area contributed by atoms with E-state index in [9.17, 15) is 14.0 Å². The lowest BCUT2D eigenvalue weighted by Crippen LogP contribution is -2.33. The summed E-state index contributed by atoms with van der Waals surface area (Å²) in [4.78, 5) is 25.3. The quantitative estimate of drug-likeness (QED) is 0.831.